The van der Waals surface area contributed by atoms with E-state index in [9.17, 15) is 29.4 Å². The summed E-state index contributed by atoms with van der Waals surface area (Å²) in [7, 11) is 0. The number of carbonyl (C=O) groups is 4. The van der Waals surface area contributed by atoms with Gasteiger partial charge in [-0.2, -0.15) is 12.6 Å². The molecule has 15 heteroatoms. The maximum Gasteiger partial charge on any atom is 0.326 e. The van der Waals surface area contributed by atoms with Crippen molar-refractivity contribution >= 4 is 36.3 Å². The van der Waals surface area contributed by atoms with E-state index in [0.717, 1.165) is 0 Å². The summed E-state index contributed by atoms with van der Waals surface area (Å²) in [5, 5.41) is 26.6. The third kappa shape index (κ3) is 8.86. The van der Waals surface area contributed by atoms with Crippen LogP contribution in [0.25, 0.3) is 0 Å². The summed E-state index contributed by atoms with van der Waals surface area (Å²) in [5.41, 5.74) is 7.76. The molecule has 3 amide bonds. The van der Waals surface area contributed by atoms with Crippen molar-refractivity contribution < 1.29 is 29.4 Å². The number of hydrogen-bond acceptors (Lipinski definition) is 9. The lowest BCUT2D eigenvalue weighted by molar-refractivity contribution is -0.142. The number of thiol groups is 1. The smallest absolute Gasteiger partial charge is 0.326 e. The lowest BCUT2D eigenvalue weighted by Crippen LogP contribution is -2.58. The van der Waals surface area contributed by atoms with Crippen LogP contribution in [0.2, 0.25) is 0 Å². The molecule has 208 valence electrons. The molecule has 0 aliphatic carbocycles. The number of hydrogen-bond donors (Lipinski definition) is 9. The molecule has 3 aromatic rings. The number of benzene rings is 1. The molecule has 0 bridgehead atoms. The number of nitrogens with two attached hydrogens (primary N) is 1. The van der Waals surface area contributed by atoms with Gasteiger partial charge in [0.25, 0.3) is 0 Å². The fourth-order valence-electron chi connectivity index (χ4n) is 3.64. The minimum atomic E-state index is -1.30. The van der Waals surface area contributed by atoms with Crippen LogP contribution in [0.4, 0.5) is 0 Å². The third-order valence-corrected chi connectivity index (χ3v) is 6.11. The minimum Gasteiger partial charge on any atom is -0.508 e. The lowest BCUT2D eigenvalue weighted by Gasteiger charge is -2.24. The Morgan fingerprint density at radius 1 is 0.821 bits per heavy atom. The molecule has 2 heterocycles. The van der Waals surface area contributed by atoms with Crippen molar-refractivity contribution in [1.82, 2.24) is 35.9 Å². The topological polar surface area (TPSA) is 228 Å². The monoisotopic (exact) mass is 558 g/mol. The quantitative estimate of drug-likeness (QED) is 0.107. The van der Waals surface area contributed by atoms with E-state index in [1.54, 1.807) is 0 Å². The summed E-state index contributed by atoms with van der Waals surface area (Å²) < 4.78 is 0. The number of amides is 3. The molecule has 0 spiro atoms. The number of aromatic hydroxyl groups is 1. The lowest BCUT2D eigenvalue weighted by atomic mass is 10.1. The Kier molecular flexibility index (Phi) is 10.5. The largest absolute Gasteiger partial charge is 0.508 e. The predicted octanol–water partition coefficient (Wildman–Crippen LogP) is -1.34. The van der Waals surface area contributed by atoms with Crippen molar-refractivity contribution in [2.75, 3.05) is 5.75 Å². The highest BCUT2D eigenvalue weighted by Crippen LogP contribution is 2.12. The van der Waals surface area contributed by atoms with Crippen LogP contribution in [-0.2, 0) is 38.4 Å². The minimum absolute atomic E-state index is 0.0200. The van der Waals surface area contributed by atoms with Crippen molar-refractivity contribution in [2.45, 2.75) is 43.4 Å². The van der Waals surface area contributed by atoms with Gasteiger partial charge in [0, 0.05) is 48.8 Å². The number of carboxylic acid groups (broad SMARTS) is 1. The van der Waals surface area contributed by atoms with Crippen LogP contribution in [0, 0.1) is 0 Å². The predicted molar refractivity (Wildman–Crippen MR) is 142 cm³/mol. The zero-order valence-corrected chi connectivity index (χ0v) is 21.6. The summed E-state index contributed by atoms with van der Waals surface area (Å²) in [6.07, 6.45) is 6.01. The average Bonchev–Trinajstić information content (AvgIpc) is 3.62. The van der Waals surface area contributed by atoms with E-state index in [0.29, 0.717) is 17.0 Å². The van der Waals surface area contributed by atoms with Crippen LogP contribution in [0.15, 0.2) is 49.3 Å². The van der Waals surface area contributed by atoms with E-state index in [4.69, 9.17) is 5.73 Å². The number of phenols is 1. The van der Waals surface area contributed by atoms with Gasteiger partial charge in [-0.3, -0.25) is 14.4 Å². The maximum atomic E-state index is 13.2. The number of aromatic nitrogens is 4. The normalized spacial score (nSPS) is 14.0. The molecule has 14 nitrogen and oxygen atoms in total. The molecule has 0 radical (unpaired) electrons. The number of carboxylic acids is 1. The van der Waals surface area contributed by atoms with E-state index in [1.165, 1.54) is 49.3 Å². The van der Waals surface area contributed by atoms with Crippen molar-refractivity contribution in [3.05, 3.63) is 66.3 Å². The van der Waals surface area contributed by atoms with Gasteiger partial charge in [-0.05, 0) is 17.7 Å². The molecule has 0 saturated heterocycles. The van der Waals surface area contributed by atoms with Gasteiger partial charge in [0.15, 0.2) is 0 Å². The van der Waals surface area contributed by atoms with Crippen molar-refractivity contribution in [3.8, 4) is 5.75 Å². The molecule has 0 aliphatic heterocycles. The van der Waals surface area contributed by atoms with Crippen molar-refractivity contribution in [2.24, 2.45) is 5.73 Å². The Morgan fingerprint density at radius 2 is 1.36 bits per heavy atom. The zero-order valence-electron chi connectivity index (χ0n) is 20.7. The number of H-pyrrole nitrogens is 2. The fourth-order valence-corrected chi connectivity index (χ4v) is 3.89. The summed E-state index contributed by atoms with van der Waals surface area (Å²) in [5.74, 6) is -3.48. The van der Waals surface area contributed by atoms with Crippen LogP contribution < -0.4 is 21.7 Å². The first-order chi connectivity index (χ1) is 18.7. The van der Waals surface area contributed by atoms with Crippen molar-refractivity contribution in [3.63, 3.8) is 0 Å². The molecular formula is C24H30N8O6S. The third-order valence-electron chi connectivity index (χ3n) is 5.75. The van der Waals surface area contributed by atoms with Crippen LogP contribution in [0.3, 0.4) is 0 Å². The molecule has 0 saturated carbocycles. The number of aliphatic carboxylic acids is 1. The molecule has 4 atom stereocenters. The molecule has 3 rings (SSSR count). The number of nitrogens with zero attached hydrogens (tertiary/aromatic N) is 2. The van der Waals surface area contributed by atoms with Gasteiger partial charge < -0.3 is 41.9 Å². The van der Waals surface area contributed by atoms with Gasteiger partial charge in [0.05, 0.1) is 18.7 Å². The van der Waals surface area contributed by atoms with E-state index in [1.807, 2.05) is 0 Å². The number of carbonyl (C=O) groups excluding carboxylic acids is 3. The number of phenolic OH excluding ortho intramolecular Hbond substituents is 1. The highest BCUT2D eigenvalue weighted by Gasteiger charge is 2.30. The molecule has 4 unspecified atom stereocenters. The SMILES string of the molecule is NC(Cc1cnc[nH]1)C(=O)NC(Cc1cnc[nH]1)C(=O)NC(CS)C(=O)NC(Cc1ccc(O)cc1)C(=O)O. The molecule has 39 heavy (non-hydrogen) atoms. The van der Waals surface area contributed by atoms with Gasteiger partial charge in [0.2, 0.25) is 17.7 Å². The summed E-state index contributed by atoms with van der Waals surface area (Å²) in [4.78, 5) is 64.1. The van der Waals surface area contributed by atoms with Crippen LogP contribution in [-0.4, -0.2) is 83.8 Å². The number of rotatable bonds is 14. The number of nitrogens with one attached hydrogen (secondary N) is 5. The summed E-state index contributed by atoms with van der Waals surface area (Å²) in [6, 6.07) is 1.26. The van der Waals surface area contributed by atoms with E-state index >= 15 is 0 Å². The maximum absolute atomic E-state index is 13.2. The second kappa shape index (κ2) is 14.0. The Hall–Kier alpha value is -4.37. The van der Waals surface area contributed by atoms with Crippen LogP contribution in [0.5, 0.6) is 5.75 Å². The second-order valence-corrected chi connectivity index (χ2v) is 9.11. The Morgan fingerprint density at radius 3 is 1.90 bits per heavy atom. The molecular weight excluding hydrogens is 528 g/mol. The van der Waals surface area contributed by atoms with Gasteiger partial charge in [-0.1, -0.05) is 12.1 Å². The van der Waals surface area contributed by atoms with Gasteiger partial charge >= 0.3 is 5.97 Å². The van der Waals surface area contributed by atoms with E-state index < -0.39 is 47.9 Å². The molecule has 9 N–H and O–H groups in total. The van der Waals surface area contributed by atoms with E-state index in [2.05, 4.69) is 48.5 Å². The number of aromatic amines is 2. The first-order valence-electron chi connectivity index (χ1n) is 11.9. The molecule has 0 fully saturated rings. The van der Waals surface area contributed by atoms with Gasteiger partial charge in [-0.25, -0.2) is 14.8 Å². The second-order valence-electron chi connectivity index (χ2n) is 8.74. The highest BCUT2D eigenvalue weighted by atomic mass is 32.1. The highest BCUT2D eigenvalue weighted by molar-refractivity contribution is 7.80. The summed E-state index contributed by atoms with van der Waals surface area (Å²) >= 11 is 4.14. The Bertz CT molecular complexity index is 1240. The first-order valence-corrected chi connectivity index (χ1v) is 12.5. The summed E-state index contributed by atoms with van der Waals surface area (Å²) in [6.45, 7) is 0. The zero-order chi connectivity index (χ0) is 28.4. The molecule has 1 aromatic carbocycles. The van der Waals surface area contributed by atoms with Crippen LogP contribution >= 0.6 is 12.6 Å². The Balaban J connectivity index is 1.66. The standard InChI is InChI=1S/C24H30N8O6S/c25-17(6-14-8-26-11-28-14)21(34)30-18(7-15-9-27-12-29-15)22(35)32-20(10-39)23(36)31-19(24(37)38)5-13-1-3-16(33)4-2-13/h1-4,8-9,11-12,17-20,33,39H,5-7,10,25H2,(H,26,28)(H,27,29)(H,30,34)(H,31,36)(H,32,35)(H,37,38). The van der Waals surface area contributed by atoms with Gasteiger partial charge in [-0.15, -0.1) is 0 Å². The van der Waals surface area contributed by atoms with E-state index in [-0.39, 0.29) is 30.8 Å². The first kappa shape index (κ1) is 29.2. The van der Waals surface area contributed by atoms with Gasteiger partial charge in [0.1, 0.15) is 23.9 Å². The van der Waals surface area contributed by atoms with Crippen molar-refractivity contribution in [1.29, 1.82) is 0 Å². The average molecular weight is 559 g/mol. The molecule has 2 aromatic heterocycles. The van der Waals surface area contributed by atoms with Crippen LogP contribution in [0.1, 0.15) is 17.0 Å². The Labute approximate surface area is 228 Å². The fraction of sp³-hybridized carbons (Fsp3) is 0.333. The number of imidazole rings is 2. The molecule has 0 aliphatic rings.